The molecule has 110 heavy (non-hydrogen) atoms. The second-order valence-electron chi connectivity index (χ2n) is 24.1. The van der Waals surface area contributed by atoms with E-state index in [0.29, 0.717) is 96.9 Å². The summed E-state index contributed by atoms with van der Waals surface area (Å²) in [7, 11) is 18.5. The summed E-state index contributed by atoms with van der Waals surface area (Å²) < 4.78 is 51.9. The number of likely N-dealkylation sites (N-methyl/N-ethyl adjacent to an activating group) is 5. The topological polar surface area (TPSA) is 279 Å². The molecule has 0 saturated carbocycles. The van der Waals surface area contributed by atoms with Crippen LogP contribution >= 0.6 is 0 Å². The SMILES string of the molecule is CCC#CCC(=O)OCC(CN(C)C)OC(=O)CC#CCC.CCC#CCC(=O)OCC(CN(C)C)OC(=O)CC#CCC.CCC#CCC(=O)OCC(CN(C)C)OC(=O)CC#CCC.CCC#CCC(=O)OCC(CN(C)C)OC(=O)CC#CCC.CCC#CCC(=O)OCC(CN(C)C)OC(=O)CC#CCC. The van der Waals surface area contributed by atoms with E-state index in [4.69, 9.17) is 47.4 Å². The van der Waals surface area contributed by atoms with Crippen molar-refractivity contribution in [2.24, 2.45) is 0 Å². The Labute approximate surface area is 659 Å². The van der Waals surface area contributed by atoms with Crippen molar-refractivity contribution in [1.29, 1.82) is 0 Å². The van der Waals surface area contributed by atoms with Gasteiger partial charge in [-0.3, -0.25) is 47.9 Å². The van der Waals surface area contributed by atoms with Crippen LogP contribution in [0.1, 0.15) is 198 Å². The highest BCUT2D eigenvalue weighted by atomic mass is 16.6. The number of hydrogen-bond donors (Lipinski definition) is 0. The van der Waals surface area contributed by atoms with E-state index >= 15 is 0 Å². The van der Waals surface area contributed by atoms with E-state index in [-0.39, 0.29) is 97.2 Å². The first-order valence-electron chi connectivity index (χ1n) is 37.0. The molecule has 610 valence electrons. The number of esters is 10. The zero-order valence-corrected chi connectivity index (χ0v) is 69.5. The maximum atomic E-state index is 11.7. The van der Waals surface area contributed by atoms with E-state index in [0.717, 1.165) is 0 Å². The Balaban J connectivity index is -0.000000418. The molecule has 0 rings (SSSR count). The minimum absolute atomic E-state index is 0.0256. The number of rotatable bonds is 35. The van der Waals surface area contributed by atoms with Gasteiger partial charge in [-0.2, -0.15) is 0 Å². The quantitative estimate of drug-likeness (QED) is 0.0329. The molecular weight excluding hydrogens is 1410 g/mol. The van der Waals surface area contributed by atoms with Crippen LogP contribution in [-0.2, 0) is 95.3 Å². The third-order valence-electron chi connectivity index (χ3n) is 11.8. The van der Waals surface area contributed by atoms with Gasteiger partial charge in [0.05, 0.1) is 0 Å². The molecule has 0 aliphatic carbocycles. The second kappa shape index (κ2) is 78.7. The highest BCUT2D eigenvalue weighted by molar-refractivity contribution is 5.76. The smallest absolute Gasteiger partial charge is 0.318 e. The molecule has 0 aromatic heterocycles. The van der Waals surface area contributed by atoms with Gasteiger partial charge in [0.1, 0.15) is 128 Å². The minimum Gasteiger partial charge on any atom is -0.461 e. The van der Waals surface area contributed by atoms with Crippen molar-refractivity contribution in [2.45, 2.75) is 228 Å². The van der Waals surface area contributed by atoms with Crippen molar-refractivity contribution in [2.75, 3.05) is 136 Å². The molecule has 25 nitrogen and oxygen atoms in total. The standard InChI is InChI=1S/5C17H25NO4/c5*1-5-7-9-11-16(19)21-14-15(13-18(3)4)22-17(20)12-10-8-6-2/h5*15H,5-6,11-14H2,1-4H3. The molecule has 0 radical (unpaired) electrons. The average Bonchev–Trinajstić information content (AvgIpc) is 0.970. The summed E-state index contributed by atoms with van der Waals surface area (Å²) >= 11 is 0. The highest BCUT2D eigenvalue weighted by Gasteiger charge is 2.22. The third-order valence-corrected chi connectivity index (χ3v) is 11.8. The molecule has 5 unspecified atom stereocenters. The Kier molecular flexibility index (Phi) is 77.7. The molecule has 0 aliphatic heterocycles. The Hall–Kier alpha value is -9.90. The average molecular weight is 1540 g/mol. The number of hydrogen-bond acceptors (Lipinski definition) is 25. The normalized spacial score (nSPS) is 10.8. The first-order valence-corrected chi connectivity index (χ1v) is 37.0. The fourth-order valence-corrected chi connectivity index (χ4v) is 7.58. The lowest BCUT2D eigenvalue weighted by molar-refractivity contribution is -0.158. The van der Waals surface area contributed by atoms with Gasteiger partial charge in [0, 0.05) is 96.9 Å². The summed E-state index contributed by atoms with van der Waals surface area (Å²) in [5.41, 5.74) is 0. The molecule has 0 bridgehead atoms. The largest absolute Gasteiger partial charge is 0.461 e. The van der Waals surface area contributed by atoms with E-state index < -0.39 is 90.2 Å². The number of nitrogens with zero attached hydrogens (tertiary/aromatic N) is 5. The van der Waals surface area contributed by atoms with Gasteiger partial charge in [-0.25, -0.2) is 0 Å². The van der Waals surface area contributed by atoms with E-state index in [1.807, 2.05) is 164 Å². The van der Waals surface area contributed by atoms with Crippen LogP contribution in [0.4, 0.5) is 0 Å². The Morgan fingerprint density at radius 3 is 0.400 bits per heavy atom. The van der Waals surface area contributed by atoms with Gasteiger partial charge in [0.2, 0.25) is 0 Å². The van der Waals surface area contributed by atoms with E-state index in [2.05, 4.69) is 118 Å². The molecule has 0 spiro atoms. The molecule has 0 amide bonds. The molecule has 0 aromatic rings. The molecule has 0 heterocycles. The van der Waals surface area contributed by atoms with Crippen LogP contribution in [0.25, 0.3) is 0 Å². The Bertz CT molecular complexity index is 2820. The van der Waals surface area contributed by atoms with Crippen LogP contribution in [0, 0.1) is 118 Å². The van der Waals surface area contributed by atoms with Crippen LogP contribution < -0.4 is 0 Å². The van der Waals surface area contributed by atoms with Crippen LogP contribution in [0.2, 0.25) is 0 Å². The number of carbonyl (C=O) groups excluding carboxylic acids is 10. The predicted molar refractivity (Wildman–Crippen MR) is 424 cm³/mol. The van der Waals surface area contributed by atoms with Crippen molar-refractivity contribution in [1.82, 2.24) is 24.5 Å². The van der Waals surface area contributed by atoms with Gasteiger partial charge in [-0.1, -0.05) is 128 Å². The summed E-state index contributed by atoms with van der Waals surface area (Å²) in [5.74, 6) is 51.2. The summed E-state index contributed by atoms with van der Waals surface area (Å²) in [4.78, 5) is 125. The molecule has 5 atom stereocenters. The maximum absolute atomic E-state index is 11.7. The molecule has 25 heteroatoms. The summed E-state index contributed by atoms with van der Waals surface area (Å²) in [6.45, 7) is 21.6. The minimum atomic E-state index is -0.506. The van der Waals surface area contributed by atoms with Crippen LogP contribution in [0.5, 0.6) is 0 Å². The summed E-state index contributed by atoms with van der Waals surface area (Å²) in [6, 6.07) is 0. The molecule has 0 fully saturated rings. The molecule has 0 saturated heterocycles. The summed E-state index contributed by atoms with van der Waals surface area (Å²) in [6.07, 6.45) is 4.99. The first-order chi connectivity index (χ1) is 52.4. The van der Waals surface area contributed by atoms with Crippen molar-refractivity contribution in [3.8, 4) is 118 Å². The Morgan fingerprint density at radius 2 is 0.300 bits per heavy atom. The van der Waals surface area contributed by atoms with Gasteiger partial charge in [-0.15, -0.1) is 59.2 Å². The van der Waals surface area contributed by atoms with Crippen molar-refractivity contribution in [3.05, 3.63) is 0 Å². The van der Waals surface area contributed by atoms with Gasteiger partial charge in [-0.05, 0) is 70.5 Å². The zero-order valence-electron chi connectivity index (χ0n) is 69.5. The molecule has 0 N–H and O–H groups in total. The highest BCUT2D eigenvalue weighted by Crippen LogP contribution is 2.06. The fraction of sp³-hybridized carbons (Fsp3) is 0.647. The van der Waals surface area contributed by atoms with E-state index in [9.17, 15) is 47.9 Å². The lowest BCUT2D eigenvalue weighted by Crippen LogP contribution is -2.34. The van der Waals surface area contributed by atoms with Gasteiger partial charge >= 0.3 is 59.7 Å². The van der Waals surface area contributed by atoms with Crippen molar-refractivity contribution in [3.63, 3.8) is 0 Å². The molecule has 0 aliphatic rings. The summed E-state index contributed by atoms with van der Waals surface area (Å²) in [5, 5.41) is 0. The second-order valence-corrected chi connectivity index (χ2v) is 24.1. The maximum Gasteiger partial charge on any atom is 0.318 e. The molecule has 0 aromatic carbocycles. The monoisotopic (exact) mass is 1540 g/mol. The number of carbonyl (C=O) groups is 10. The van der Waals surface area contributed by atoms with Gasteiger partial charge < -0.3 is 71.9 Å². The fourth-order valence-electron chi connectivity index (χ4n) is 7.58. The van der Waals surface area contributed by atoms with E-state index in [1.54, 1.807) is 0 Å². The van der Waals surface area contributed by atoms with Gasteiger partial charge in [0.25, 0.3) is 0 Å². The molecular formula is C85H125N5O20. The van der Waals surface area contributed by atoms with E-state index in [1.165, 1.54) is 0 Å². The van der Waals surface area contributed by atoms with Crippen LogP contribution in [0.15, 0.2) is 0 Å². The lowest BCUT2D eigenvalue weighted by atomic mass is 10.3. The van der Waals surface area contributed by atoms with Crippen molar-refractivity contribution >= 4 is 59.7 Å². The van der Waals surface area contributed by atoms with Gasteiger partial charge in [0.15, 0.2) is 0 Å². The van der Waals surface area contributed by atoms with Crippen LogP contribution in [0.3, 0.4) is 0 Å². The predicted octanol–water partition coefficient (Wildman–Crippen LogP) is 8.05. The lowest BCUT2D eigenvalue weighted by Gasteiger charge is -2.20. The first kappa shape index (κ1) is 109. The number of ether oxygens (including phenoxy) is 10. The zero-order chi connectivity index (χ0) is 84.0. The van der Waals surface area contributed by atoms with Crippen LogP contribution in [-0.4, -0.2) is 251 Å². The van der Waals surface area contributed by atoms with Crippen molar-refractivity contribution < 1.29 is 95.3 Å². The Morgan fingerprint density at radius 1 is 0.191 bits per heavy atom. The third kappa shape index (κ3) is 83.7.